The summed E-state index contributed by atoms with van der Waals surface area (Å²) in [5.74, 6) is -0.940. The highest BCUT2D eigenvalue weighted by Gasteiger charge is 2.11. The van der Waals surface area contributed by atoms with Crippen molar-refractivity contribution in [3.63, 3.8) is 0 Å². The molecule has 1 heterocycles. The molecule has 7 heteroatoms. The van der Waals surface area contributed by atoms with Crippen LogP contribution in [0.1, 0.15) is 15.2 Å². The summed E-state index contributed by atoms with van der Waals surface area (Å²) in [5.41, 5.74) is 1.03. The molecule has 0 bridgehead atoms. The van der Waals surface area contributed by atoms with Gasteiger partial charge in [0.05, 0.1) is 12.0 Å². The number of ether oxygens (including phenoxy) is 2. The number of thiophene rings is 1. The van der Waals surface area contributed by atoms with E-state index in [-0.39, 0.29) is 5.69 Å². The lowest BCUT2D eigenvalue weighted by Gasteiger charge is -2.06. The summed E-state index contributed by atoms with van der Waals surface area (Å²) < 4.78 is 36.9. The summed E-state index contributed by atoms with van der Waals surface area (Å²) >= 11 is 1.25. The van der Waals surface area contributed by atoms with Gasteiger partial charge in [-0.05, 0) is 47.8 Å². The van der Waals surface area contributed by atoms with Crippen LogP contribution in [-0.4, -0.2) is 13.0 Å². The Morgan fingerprint density at radius 3 is 2.46 bits per heavy atom. The number of hydrogen-bond donors (Lipinski definition) is 1. The third-order valence-corrected chi connectivity index (χ3v) is 4.50. The summed E-state index contributed by atoms with van der Waals surface area (Å²) in [4.78, 5) is 12.6. The van der Waals surface area contributed by atoms with Crippen LogP contribution in [-0.2, 0) is 6.61 Å². The molecule has 1 N–H and O–H groups in total. The fraction of sp³-hybridized carbons (Fsp3) is 0.105. The number of halogens is 2. The minimum absolute atomic E-state index is 0.193. The van der Waals surface area contributed by atoms with Crippen molar-refractivity contribution in [2.24, 2.45) is 0 Å². The lowest BCUT2D eigenvalue weighted by atomic mass is 10.2. The molecule has 0 aliphatic rings. The number of rotatable bonds is 6. The Hall–Kier alpha value is -2.93. The van der Waals surface area contributed by atoms with Gasteiger partial charge in [-0.2, -0.15) is 0 Å². The number of benzene rings is 2. The van der Waals surface area contributed by atoms with Crippen molar-refractivity contribution >= 4 is 22.9 Å². The van der Waals surface area contributed by atoms with Gasteiger partial charge in [-0.1, -0.05) is 0 Å². The molecule has 1 amide bonds. The van der Waals surface area contributed by atoms with Crippen LogP contribution in [0.15, 0.2) is 53.9 Å². The van der Waals surface area contributed by atoms with E-state index >= 15 is 0 Å². The van der Waals surface area contributed by atoms with E-state index in [1.165, 1.54) is 17.4 Å². The molecule has 0 spiro atoms. The standard InChI is InChI=1S/C19H15F2NO3S/c1-24-14-3-5-15(6-4-14)25-10-12-8-18(26-11-12)19(23)22-13-2-7-16(20)17(21)9-13/h2-9,11H,10H2,1H3,(H,22,23). The lowest BCUT2D eigenvalue weighted by Crippen LogP contribution is -2.10. The van der Waals surface area contributed by atoms with Gasteiger partial charge in [-0.15, -0.1) is 11.3 Å². The van der Waals surface area contributed by atoms with E-state index in [1.807, 2.05) is 5.38 Å². The molecule has 0 aliphatic heterocycles. The second-order valence-electron chi connectivity index (χ2n) is 5.37. The van der Waals surface area contributed by atoms with Crippen molar-refractivity contribution in [3.05, 3.63) is 76.0 Å². The average molecular weight is 375 g/mol. The Kier molecular flexibility index (Phi) is 5.48. The number of hydrogen-bond acceptors (Lipinski definition) is 4. The SMILES string of the molecule is COc1ccc(OCc2csc(C(=O)Nc3ccc(F)c(F)c3)c2)cc1. The van der Waals surface area contributed by atoms with Crippen LogP contribution in [0.25, 0.3) is 0 Å². The van der Waals surface area contributed by atoms with Gasteiger partial charge in [0, 0.05) is 17.3 Å². The van der Waals surface area contributed by atoms with Crippen LogP contribution in [0, 0.1) is 11.6 Å². The third kappa shape index (κ3) is 4.37. The summed E-state index contributed by atoms with van der Waals surface area (Å²) in [6, 6.07) is 12.1. The van der Waals surface area contributed by atoms with Crippen molar-refractivity contribution < 1.29 is 23.0 Å². The molecule has 0 unspecified atom stereocenters. The zero-order valence-electron chi connectivity index (χ0n) is 13.8. The Labute approximate surface area is 153 Å². The van der Waals surface area contributed by atoms with Crippen LogP contribution in [0.4, 0.5) is 14.5 Å². The molecule has 0 saturated heterocycles. The van der Waals surface area contributed by atoms with Crippen molar-refractivity contribution in [2.75, 3.05) is 12.4 Å². The van der Waals surface area contributed by atoms with Gasteiger partial charge >= 0.3 is 0 Å². The van der Waals surface area contributed by atoms with Gasteiger partial charge in [-0.25, -0.2) is 8.78 Å². The molecule has 0 saturated carbocycles. The van der Waals surface area contributed by atoms with E-state index in [0.29, 0.717) is 17.2 Å². The Morgan fingerprint density at radius 1 is 1.04 bits per heavy atom. The van der Waals surface area contributed by atoms with Crippen molar-refractivity contribution in [2.45, 2.75) is 6.61 Å². The maximum Gasteiger partial charge on any atom is 0.265 e. The molecule has 0 atom stereocenters. The van der Waals surface area contributed by atoms with Gasteiger partial charge in [0.2, 0.25) is 0 Å². The summed E-state index contributed by atoms with van der Waals surface area (Å²) in [5, 5.41) is 4.35. The topological polar surface area (TPSA) is 47.6 Å². The summed E-state index contributed by atoms with van der Waals surface area (Å²) in [6.45, 7) is 0.307. The predicted octanol–water partition coefficient (Wildman–Crippen LogP) is 4.87. The molecule has 0 aliphatic carbocycles. The maximum absolute atomic E-state index is 13.2. The molecule has 134 valence electrons. The molecule has 0 radical (unpaired) electrons. The highest BCUT2D eigenvalue weighted by Crippen LogP contribution is 2.21. The fourth-order valence-electron chi connectivity index (χ4n) is 2.18. The van der Waals surface area contributed by atoms with Crippen LogP contribution < -0.4 is 14.8 Å². The number of carbonyl (C=O) groups excluding carboxylic acids is 1. The largest absolute Gasteiger partial charge is 0.497 e. The normalized spacial score (nSPS) is 10.4. The number of nitrogens with one attached hydrogen (secondary N) is 1. The van der Waals surface area contributed by atoms with Gasteiger partial charge in [-0.3, -0.25) is 4.79 Å². The Balaban J connectivity index is 1.59. The highest BCUT2D eigenvalue weighted by molar-refractivity contribution is 7.12. The molecule has 3 rings (SSSR count). The first-order chi connectivity index (χ1) is 12.5. The average Bonchev–Trinajstić information content (AvgIpc) is 3.13. The first-order valence-electron chi connectivity index (χ1n) is 7.66. The molecule has 4 nitrogen and oxygen atoms in total. The van der Waals surface area contributed by atoms with E-state index < -0.39 is 17.5 Å². The van der Waals surface area contributed by atoms with Crippen LogP contribution in [0.5, 0.6) is 11.5 Å². The van der Waals surface area contributed by atoms with E-state index in [2.05, 4.69) is 5.32 Å². The van der Waals surface area contributed by atoms with Crippen LogP contribution >= 0.6 is 11.3 Å². The molecule has 3 aromatic rings. The van der Waals surface area contributed by atoms with Gasteiger partial charge < -0.3 is 14.8 Å². The third-order valence-electron chi connectivity index (χ3n) is 3.52. The predicted molar refractivity (Wildman–Crippen MR) is 96.0 cm³/mol. The number of anilines is 1. The second kappa shape index (κ2) is 7.97. The number of amides is 1. The van der Waals surface area contributed by atoms with E-state index in [1.54, 1.807) is 37.4 Å². The number of methoxy groups -OCH3 is 1. The minimum atomic E-state index is -1.01. The monoisotopic (exact) mass is 375 g/mol. The first kappa shape index (κ1) is 17.9. The Morgan fingerprint density at radius 2 is 1.77 bits per heavy atom. The molecule has 0 fully saturated rings. The molecular formula is C19H15F2NO3S. The molecule has 2 aromatic carbocycles. The van der Waals surface area contributed by atoms with E-state index in [0.717, 1.165) is 23.4 Å². The number of carbonyl (C=O) groups is 1. The minimum Gasteiger partial charge on any atom is -0.497 e. The quantitative estimate of drug-likeness (QED) is 0.669. The van der Waals surface area contributed by atoms with Gasteiger partial charge in [0.25, 0.3) is 5.91 Å². The second-order valence-corrected chi connectivity index (χ2v) is 6.28. The van der Waals surface area contributed by atoms with E-state index in [4.69, 9.17) is 9.47 Å². The summed E-state index contributed by atoms with van der Waals surface area (Å²) in [6.07, 6.45) is 0. The fourth-order valence-corrected chi connectivity index (χ4v) is 2.97. The van der Waals surface area contributed by atoms with Crippen LogP contribution in [0.3, 0.4) is 0 Å². The smallest absolute Gasteiger partial charge is 0.265 e. The van der Waals surface area contributed by atoms with Crippen molar-refractivity contribution in [3.8, 4) is 11.5 Å². The molecule has 1 aromatic heterocycles. The summed E-state index contributed by atoms with van der Waals surface area (Å²) in [7, 11) is 1.59. The lowest BCUT2D eigenvalue weighted by molar-refractivity contribution is 0.103. The first-order valence-corrected chi connectivity index (χ1v) is 8.54. The van der Waals surface area contributed by atoms with E-state index in [9.17, 15) is 13.6 Å². The Bertz CT molecular complexity index is 909. The zero-order chi connectivity index (χ0) is 18.5. The highest BCUT2D eigenvalue weighted by atomic mass is 32.1. The maximum atomic E-state index is 13.2. The van der Waals surface area contributed by atoms with Crippen molar-refractivity contribution in [1.29, 1.82) is 0 Å². The van der Waals surface area contributed by atoms with Gasteiger partial charge in [0.15, 0.2) is 11.6 Å². The zero-order valence-corrected chi connectivity index (χ0v) is 14.6. The van der Waals surface area contributed by atoms with Crippen LogP contribution in [0.2, 0.25) is 0 Å². The molecule has 26 heavy (non-hydrogen) atoms. The van der Waals surface area contributed by atoms with Gasteiger partial charge in [0.1, 0.15) is 18.1 Å². The molecular weight excluding hydrogens is 360 g/mol. The van der Waals surface area contributed by atoms with Crippen molar-refractivity contribution in [1.82, 2.24) is 0 Å².